The number of carboxylic acid groups (broad SMARTS) is 1. The Morgan fingerprint density at radius 1 is 1.08 bits per heavy atom. The Morgan fingerprint density at radius 2 is 1.73 bits per heavy atom. The maximum Gasteiger partial charge on any atom is 0.336 e. The van der Waals surface area contributed by atoms with Crippen LogP contribution >= 0.6 is 35.0 Å². The Balaban J connectivity index is 1.91. The molecule has 5 nitrogen and oxygen atoms in total. The number of carbonyl (C=O) groups excluding carboxylic acids is 2. The number of hydrogen-bond donors (Lipinski definition) is 1. The van der Waals surface area contributed by atoms with Gasteiger partial charge in [0.25, 0.3) is 11.1 Å². The van der Waals surface area contributed by atoms with E-state index in [1.54, 1.807) is 36.4 Å². The third-order valence-corrected chi connectivity index (χ3v) is 5.34. The Morgan fingerprint density at radius 3 is 2.38 bits per heavy atom. The summed E-state index contributed by atoms with van der Waals surface area (Å²) in [5.74, 6) is -1.63. The molecule has 0 bridgehead atoms. The van der Waals surface area contributed by atoms with E-state index in [9.17, 15) is 19.5 Å². The molecule has 1 aliphatic heterocycles. The summed E-state index contributed by atoms with van der Waals surface area (Å²) in [7, 11) is 0. The second-order valence-corrected chi connectivity index (χ2v) is 7.17. The highest BCUT2D eigenvalue weighted by Crippen LogP contribution is 2.35. The average Bonchev–Trinajstić information content (AvgIpc) is 2.85. The van der Waals surface area contributed by atoms with Gasteiger partial charge in [-0.3, -0.25) is 14.5 Å². The SMILES string of the molecule is O=C(O)c1ccccc1/C=C1\SC(=O)N(Cc2c(Cl)cccc2Cl)C1=O. The molecule has 0 unspecified atom stereocenters. The van der Waals surface area contributed by atoms with Crippen molar-refractivity contribution in [1.29, 1.82) is 0 Å². The minimum Gasteiger partial charge on any atom is -0.478 e. The fourth-order valence-corrected chi connectivity index (χ4v) is 3.78. The van der Waals surface area contributed by atoms with Crippen molar-refractivity contribution >= 4 is 58.2 Å². The first-order valence-electron chi connectivity index (χ1n) is 7.39. The monoisotopic (exact) mass is 407 g/mol. The largest absolute Gasteiger partial charge is 0.478 e. The lowest BCUT2D eigenvalue weighted by molar-refractivity contribution is -0.123. The van der Waals surface area contributed by atoms with Crippen LogP contribution in [0, 0.1) is 0 Å². The highest BCUT2D eigenvalue weighted by molar-refractivity contribution is 8.18. The average molecular weight is 408 g/mol. The molecule has 1 aliphatic rings. The summed E-state index contributed by atoms with van der Waals surface area (Å²) in [6.45, 7) is -0.0545. The number of carboxylic acids is 1. The van der Waals surface area contributed by atoms with E-state index in [1.165, 1.54) is 12.1 Å². The van der Waals surface area contributed by atoms with Crippen LogP contribution in [0.5, 0.6) is 0 Å². The lowest BCUT2D eigenvalue weighted by Gasteiger charge is -2.14. The van der Waals surface area contributed by atoms with Crippen molar-refractivity contribution < 1.29 is 19.5 Å². The molecule has 2 amide bonds. The molecule has 26 heavy (non-hydrogen) atoms. The topological polar surface area (TPSA) is 74.7 Å². The number of halogens is 2. The molecule has 0 radical (unpaired) electrons. The number of aromatic carboxylic acids is 1. The molecular formula is C18H11Cl2NO4S. The van der Waals surface area contributed by atoms with Crippen molar-refractivity contribution in [3.8, 4) is 0 Å². The summed E-state index contributed by atoms with van der Waals surface area (Å²) in [5, 5.41) is 9.49. The van der Waals surface area contributed by atoms with Crippen molar-refractivity contribution in [3.63, 3.8) is 0 Å². The molecule has 0 aliphatic carbocycles. The molecule has 0 atom stereocenters. The van der Waals surface area contributed by atoms with Gasteiger partial charge in [-0.1, -0.05) is 47.5 Å². The minimum atomic E-state index is -1.11. The van der Waals surface area contributed by atoms with Crippen LogP contribution in [0.4, 0.5) is 4.79 Å². The summed E-state index contributed by atoms with van der Waals surface area (Å²) in [6.07, 6.45) is 1.41. The Kier molecular flexibility index (Phi) is 5.36. The third-order valence-electron chi connectivity index (χ3n) is 3.73. The normalized spacial score (nSPS) is 15.8. The van der Waals surface area contributed by atoms with E-state index >= 15 is 0 Å². The molecule has 0 saturated carbocycles. The van der Waals surface area contributed by atoms with Gasteiger partial charge in [0.15, 0.2) is 0 Å². The fourth-order valence-electron chi connectivity index (χ4n) is 2.44. The minimum absolute atomic E-state index is 0.0495. The van der Waals surface area contributed by atoms with Crippen LogP contribution in [-0.4, -0.2) is 27.1 Å². The van der Waals surface area contributed by atoms with Crippen LogP contribution in [0.25, 0.3) is 6.08 Å². The van der Waals surface area contributed by atoms with E-state index < -0.39 is 17.1 Å². The number of imide groups is 1. The molecule has 2 aromatic rings. The van der Waals surface area contributed by atoms with Gasteiger partial charge in [0, 0.05) is 15.6 Å². The molecular weight excluding hydrogens is 397 g/mol. The van der Waals surface area contributed by atoms with Crippen molar-refractivity contribution in [2.24, 2.45) is 0 Å². The molecule has 1 N–H and O–H groups in total. The van der Waals surface area contributed by atoms with Gasteiger partial charge in [-0.05, 0) is 41.6 Å². The summed E-state index contributed by atoms with van der Waals surface area (Å²) in [6, 6.07) is 11.2. The predicted octanol–water partition coefficient (Wildman–Crippen LogP) is 4.93. The van der Waals surface area contributed by atoms with Crippen molar-refractivity contribution in [3.05, 3.63) is 74.1 Å². The highest BCUT2D eigenvalue weighted by atomic mass is 35.5. The zero-order chi connectivity index (χ0) is 18.8. The third kappa shape index (κ3) is 3.62. The molecule has 1 saturated heterocycles. The number of hydrogen-bond acceptors (Lipinski definition) is 4. The number of nitrogens with zero attached hydrogens (tertiary/aromatic N) is 1. The van der Waals surface area contributed by atoms with E-state index in [-0.39, 0.29) is 17.0 Å². The van der Waals surface area contributed by atoms with Gasteiger partial charge in [0.2, 0.25) is 0 Å². The second-order valence-electron chi connectivity index (χ2n) is 5.36. The van der Waals surface area contributed by atoms with E-state index in [0.717, 1.165) is 16.7 Å². The zero-order valence-electron chi connectivity index (χ0n) is 13.1. The quantitative estimate of drug-likeness (QED) is 0.727. The lowest BCUT2D eigenvalue weighted by Crippen LogP contribution is -2.27. The molecule has 8 heteroatoms. The van der Waals surface area contributed by atoms with Gasteiger partial charge in [0.1, 0.15) is 0 Å². The number of carbonyl (C=O) groups is 3. The summed E-state index contributed by atoms with van der Waals surface area (Å²) in [4.78, 5) is 37.3. The fraction of sp³-hybridized carbons (Fsp3) is 0.0556. The number of thioether (sulfide) groups is 1. The van der Waals surface area contributed by atoms with Crippen LogP contribution in [0.1, 0.15) is 21.5 Å². The Hall–Kier alpha value is -2.28. The zero-order valence-corrected chi connectivity index (χ0v) is 15.4. The van der Waals surface area contributed by atoms with Gasteiger partial charge < -0.3 is 5.11 Å². The van der Waals surface area contributed by atoms with Crippen LogP contribution in [0.15, 0.2) is 47.4 Å². The number of amides is 2. The van der Waals surface area contributed by atoms with Crippen LogP contribution < -0.4 is 0 Å². The van der Waals surface area contributed by atoms with Gasteiger partial charge in [-0.2, -0.15) is 0 Å². The molecule has 3 rings (SSSR count). The van der Waals surface area contributed by atoms with Gasteiger partial charge in [-0.25, -0.2) is 4.79 Å². The van der Waals surface area contributed by atoms with E-state index in [1.807, 2.05) is 0 Å². The molecule has 0 spiro atoms. The molecule has 1 heterocycles. The van der Waals surface area contributed by atoms with Crippen molar-refractivity contribution in [2.75, 3.05) is 0 Å². The van der Waals surface area contributed by atoms with Gasteiger partial charge in [-0.15, -0.1) is 0 Å². The Bertz CT molecular complexity index is 938. The first kappa shape index (κ1) is 18.5. The summed E-state index contributed by atoms with van der Waals surface area (Å²) in [5.41, 5.74) is 0.875. The first-order chi connectivity index (χ1) is 12.4. The van der Waals surface area contributed by atoms with Crippen LogP contribution in [-0.2, 0) is 11.3 Å². The van der Waals surface area contributed by atoms with Gasteiger partial charge >= 0.3 is 5.97 Å². The van der Waals surface area contributed by atoms with Gasteiger partial charge in [0.05, 0.1) is 17.0 Å². The standard InChI is InChI=1S/C18H11Cl2NO4S/c19-13-6-3-7-14(20)12(13)9-21-16(22)15(26-18(21)25)8-10-4-1-2-5-11(10)17(23)24/h1-8H,9H2,(H,23,24)/b15-8-. The maximum atomic E-state index is 12.6. The smallest absolute Gasteiger partial charge is 0.336 e. The Labute approximate surface area is 163 Å². The lowest BCUT2D eigenvalue weighted by atomic mass is 10.1. The summed E-state index contributed by atoms with van der Waals surface area (Å²) >= 11 is 13.0. The summed E-state index contributed by atoms with van der Waals surface area (Å²) < 4.78 is 0. The van der Waals surface area contributed by atoms with E-state index in [2.05, 4.69) is 0 Å². The number of benzene rings is 2. The highest BCUT2D eigenvalue weighted by Gasteiger charge is 2.36. The van der Waals surface area contributed by atoms with E-state index in [0.29, 0.717) is 21.2 Å². The van der Waals surface area contributed by atoms with Crippen molar-refractivity contribution in [2.45, 2.75) is 6.54 Å². The maximum absolute atomic E-state index is 12.6. The van der Waals surface area contributed by atoms with E-state index in [4.69, 9.17) is 23.2 Å². The number of rotatable bonds is 4. The second kappa shape index (κ2) is 7.53. The van der Waals surface area contributed by atoms with Crippen LogP contribution in [0.3, 0.4) is 0 Å². The predicted molar refractivity (Wildman–Crippen MR) is 101 cm³/mol. The first-order valence-corrected chi connectivity index (χ1v) is 8.96. The molecule has 1 fully saturated rings. The van der Waals surface area contributed by atoms with Crippen LogP contribution in [0.2, 0.25) is 10.0 Å². The molecule has 132 valence electrons. The molecule has 2 aromatic carbocycles. The molecule has 0 aromatic heterocycles. The van der Waals surface area contributed by atoms with Crippen molar-refractivity contribution in [1.82, 2.24) is 4.90 Å².